The molecule has 0 radical (unpaired) electrons. The number of nitrogens with one attached hydrogen (secondary N) is 1. The molecule has 1 saturated carbocycles. The summed E-state index contributed by atoms with van der Waals surface area (Å²) in [6.45, 7) is 4.83. The van der Waals surface area contributed by atoms with Crippen molar-refractivity contribution in [1.82, 2.24) is 5.32 Å². The molecule has 1 aliphatic heterocycles. The molecule has 1 heterocycles. The third-order valence-electron chi connectivity index (χ3n) is 6.75. The lowest BCUT2D eigenvalue weighted by Crippen LogP contribution is -2.44. The summed E-state index contributed by atoms with van der Waals surface area (Å²) < 4.78 is 57.8. The Morgan fingerprint density at radius 1 is 1.18 bits per heavy atom. The number of rotatable bonds is 4. The summed E-state index contributed by atoms with van der Waals surface area (Å²) in [5, 5.41) is 2.65. The van der Waals surface area contributed by atoms with Crippen molar-refractivity contribution in [3.05, 3.63) is 69.0 Å². The fourth-order valence-electron chi connectivity index (χ4n) is 4.80. The number of alkyl halides is 3. The predicted octanol–water partition coefficient (Wildman–Crippen LogP) is 6.32. The van der Waals surface area contributed by atoms with Gasteiger partial charge < -0.3 is 5.32 Å². The second-order valence-corrected chi connectivity index (χ2v) is 9.81. The number of hydrogen-bond donors (Lipinski definition) is 1. The summed E-state index contributed by atoms with van der Waals surface area (Å²) in [5.74, 6) is -0.656. The third kappa shape index (κ3) is 4.27. The van der Waals surface area contributed by atoms with Gasteiger partial charge >= 0.3 is 6.18 Å². The second-order valence-electron chi connectivity index (χ2n) is 9.40. The molecule has 1 unspecified atom stereocenters. The van der Waals surface area contributed by atoms with Gasteiger partial charge in [-0.15, -0.1) is 0 Å². The fraction of sp³-hybridized carbons (Fsp3) is 0.440. The van der Waals surface area contributed by atoms with Crippen molar-refractivity contribution in [2.75, 3.05) is 6.54 Å². The van der Waals surface area contributed by atoms with Crippen molar-refractivity contribution < 1.29 is 22.4 Å². The van der Waals surface area contributed by atoms with Crippen molar-refractivity contribution in [1.29, 1.82) is 0 Å². The molecule has 1 fully saturated rings. The summed E-state index contributed by atoms with van der Waals surface area (Å²) in [4.78, 5) is 16.8. The van der Waals surface area contributed by atoms with E-state index in [1.54, 1.807) is 32.0 Å². The van der Waals surface area contributed by atoms with Crippen LogP contribution in [0.5, 0.6) is 0 Å². The van der Waals surface area contributed by atoms with Crippen LogP contribution in [-0.2, 0) is 5.41 Å². The van der Waals surface area contributed by atoms with Crippen molar-refractivity contribution >= 4 is 23.2 Å². The molecule has 1 amide bonds. The second kappa shape index (κ2) is 8.42. The minimum absolute atomic E-state index is 0.161. The average molecular weight is 481 g/mol. The standard InChI is InChI=1S/C25H25ClF4N2O/c1-13-6-17(7-13)32-23(33)18-5-4-16(10-15(18)3)21-11-24(12-31-21,25(28,29)30)19-8-14(2)9-20(26)22(19)27/h4-5,8-10,13,17H,6-7,11-12H2,1-3H3,(H,32,33). The van der Waals surface area contributed by atoms with E-state index >= 15 is 0 Å². The number of aliphatic imine (C=N–C) groups is 1. The van der Waals surface area contributed by atoms with Gasteiger partial charge in [-0.1, -0.05) is 30.7 Å². The molecular formula is C25H25ClF4N2O. The lowest BCUT2D eigenvalue weighted by Gasteiger charge is -2.33. The Hall–Kier alpha value is -2.41. The highest BCUT2D eigenvalue weighted by Crippen LogP contribution is 2.49. The van der Waals surface area contributed by atoms with Gasteiger partial charge in [-0.25, -0.2) is 4.39 Å². The number of nitrogens with zero attached hydrogens (tertiary/aromatic N) is 1. The Morgan fingerprint density at radius 3 is 2.48 bits per heavy atom. The first-order valence-corrected chi connectivity index (χ1v) is 11.3. The Labute approximate surface area is 195 Å². The summed E-state index contributed by atoms with van der Waals surface area (Å²) in [6, 6.07) is 7.56. The van der Waals surface area contributed by atoms with E-state index in [2.05, 4.69) is 17.2 Å². The van der Waals surface area contributed by atoms with Crippen LogP contribution in [0.4, 0.5) is 17.6 Å². The molecule has 2 aromatic rings. The van der Waals surface area contributed by atoms with E-state index in [4.69, 9.17) is 11.6 Å². The molecule has 1 N–H and O–H groups in total. The van der Waals surface area contributed by atoms with Gasteiger partial charge in [-0.3, -0.25) is 9.79 Å². The van der Waals surface area contributed by atoms with Crippen LogP contribution in [0.15, 0.2) is 35.3 Å². The van der Waals surface area contributed by atoms with E-state index in [0.29, 0.717) is 28.2 Å². The molecule has 33 heavy (non-hydrogen) atoms. The number of amides is 1. The quantitative estimate of drug-likeness (QED) is 0.511. The van der Waals surface area contributed by atoms with Crippen LogP contribution in [0.25, 0.3) is 0 Å². The molecule has 3 nitrogen and oxygen atoms in total. The number of carbonyl (C=O) groups is 1. The zero-order chi connectivity index (χ0) is 24.1. The highest BCUT2D eigenvalue weighted by atomic mass is 35.5. The first-order valence-electron chi connectivity index (χ1n) is 10.9. The topological polar surface area (TPSA) is 41.5 Å². The number of hydrogen-bond acceptors (Lipinski definition) is 2. The lowest BCUT2D eigenvalue weighted by atomic mass is 9.76. The number of carbonyl (C=O) groups excluding carboxylic acids is 1. The molecule has 176 valence electrons. The molecular weight excluding hydrogens is 456 g/mol. The van der Waals surface area contributed by atoms with E-state index in [-0.39, 0.29) is 22.7 Å². The molecule has 2 aromatic carbocycles. The zero-order valence-electron chi connectivity index (χ0n) is 18.6. The van der Waals surface area contributed by atoms with Gasteiger partial charge in [0.25, 0.3) is 5.91 Å². The van der Waals surface area contributed by atoms with Crippen molar-refractivity contribution in [2.45, 2.75) is 57.7 Å². The summed E-state index contributed by atoms with van der Waals surface area (Å²) >= 11 is 5.87. The Bertz CT molecular complexity index is 1140. The van der Waals surface area contributed by atoms with E-state index in [1.807, 2.05) is 0 Å². The normalized spacial score (nSPS) is 24.9. The lowest BCUT2D eigenvalue weighted by molar-refractivity contribution is -0.184. The highest BCUT2D eigenvalue weighted by molar-refractivity contribution is 6.30. The third-order valence-corrected chi connectivity index (χ3v) is 7.03. The molecule has 8 heteroatoms. The first-order chi connectivity index (χ1) is 15.4. The maximum atomic E-state index is 14.8. The SMILES string of the molecule is Cc1cc(Cl)c(F)c(C2(C(F)(F)F)CN=C(c3ccc(C(=O)NC4CC(C)C4)c(C)c3)C2)c1. The minimum atomic E-state index is -4.73. The largest absolute Gasteiger partial charge is 0.400 e. The van der Waals surface area contributed by atoms with Gasteiger partial charge in [-0.2, -0.15) is 13.2 Å². The van der Waals surface area contributed by atoms with Crippen molar-refractivity contribution in [3.63, 3.8) is 0 Å². The summed E-state index contributed by atoms with van der Waals surface area (Å²) in [5.41, 5.74) is -0.683. The Kier molecular flexibility index (Phi) is 6.06. The van der Waals surface area contributed by atoms with Crippen LogP contribution in [0.3, 0.4) is 0 Å². The van der Waals surface area contributed by atoms with E-state index in [1.165, 1.54) is 12.1 Å². The Morgan fingerprint density at radius 2 is 1.88 bits per heavy atom. The van der Waals surface area contributed by atoms with Crippen LogP contribution < -0.4 is 5.32 Å². The Balaban J connectivity index is 1.61. The number of benzene rings is 2. The van der Waals surface area contributed by atoms with Gasteiger partial charge in [-0.05, 0) is 67.5 Å². The van der Waals surface area contributed by atoms with Crippen molar-refractivity contribution in [3.8, 4) is 0 Å². The van der Waals surface area contributed by atoms with Crippen molar-refractivity contribution in [2.24, 2.45) is 10.9 Å². The van der Waals surface area contributed by atoms with Crippen LogP contribution in [-0.4, -0.2) is 30.4 Å². The first kappa shape index (κ1) is 23.7. The van der Waals surface area contributed by atoms with E-state index in [0.717, 1.165) is 12.8 Å². The average Bonchev–Trinajstić information content (AvgIpc) is 3.16. The van der Waals surface area contributed by atoms with Crippen LogP contribution >= 0.6 is 11.6 Å². The van der Waals surface area contributed by atoms with Gasteiger partial charge in [0.1, 0.15) is 11.2 Å². The maximum Gasteiger partial charge on any atom is 0.400 e. The summed E-state index contributed by atoms with van der Waals surface area (Å²) in [7, 11) is 0. The molecule has 0 bridgehead atoms. The van der Waals surface area contributed by atoms with E-state index in [9.17, 15) is 22.4 Å². The van der Waals surface area contributed by atoms with Gasteiger partial charge in [0, 0.05) is 29.3 Å². The molecule has 0 aromatic heterocycles. The number of aryl methyl sites for hydroxylation is 2. The van der Waals surface area contributed by atoms with Crippen LogP contribution in [0, 0.1) is 25.6 Å². The van der Waals surface area contributed by atoms with Crippen LogP contribution in [0.2, 0.25) is 5.02 Å². The molecule has 2 aliphatic rings. The maximum absolute atomic E-state index is 14.8. The van der Waals surface area contributed by atoms with Gasteiger partial charge in [0.15, 0.2) is 0 Å². The molecule has 0 spiro atoms. The highest BCUT2D eigenvalue weighted by Gasteiger charge is 2.59. The molecule has 0 saturated heterocycles. The smallest absolute Gasteiger partial charge is 0.349 e. The predicted molar refractivity (Wildman–Crippen MR) is 121 cm³/mol. The minimum Gasteiger partial charge on any atom is -0.349 e. The van der Waals surface area contributed by atoms with E-state index < -0.39 is 35.9 Å². The fourth-order valence-corrected chi connectivity index (χ4v) is 5.07. The van der Waals surface area contributed by atoms with Gasteiger partial charge in [0.2, 0.25) is 0 Å². The molecule has 1 aliphatic carbocycles. The molecule has 4 rings (SSSR count). The van der Waals surface area contributed by atoms with Gasteiger partial charge in [0.05, 0.1) is 11.6 Å². The van der Waals surface area contributed by atoms with Crippen LogP contribution in [0.1, 0.15) is 58.8 Å². The monoisotopic (exact) mass is 480 g/mol. The number of halogens is 5. The zero-order valence-corrected chi connectivity index (χ0v) is 19.4. The summed E-state index contributed by atoms with van der Waals surface area (Å²) in [6.07, 6.45) is -3.35. The molecule has 1 atom stereocenters.